The van der Waals surface area contributed by atoms with Crippen molar-refractivity contribution in [2.75, 3.05) is 0 Å². The van der Waals surface area contributed by atoms with E-state index in [1.54, 1.807) is 0 Å². The predicted octanol–water partition coefficient (Wildman–Crippen LogP) is 19.3. The molecule has 0 aliphatic carbocycles. The summed E-state index contributed by atoms with van der Waals surface area (Å²) in [4.78, 5) is 0. The van der Waals surface area contributed by atoms with E-state index in [0.29, 0.717) is 34.5 Å². The van der Waals surface area contributed by atoms with Gasteiger partial charge in [-0.2, -0.15) is 0 Å². The summed E-state index contributed by atoms with van der Waals surface area (Å²) >= 11 is -6.11. The number of para-hydroxylation sites is 12. The molecule has 0 fully saturated rings. The molecule has 0 aromatic heterocycles. The third kappa shape index (κ3) is 25.9. The van der Waals surface area contributed by atoms with Crippen molar-refractivity contribution in [3.63, 3.8) is 0 Å². The van der Waals surface area contributed by atoms with Gasteiger partial charge < -0.3 is 27.1 Å². The van der Waals surface area contributed by atoms with Crippen molar-refractivity contribution in [1.29, 1.82) is 0 Å². The van der Waals surface area contributed by atoms with Crippen LogP contribution in [0.5, 0.6) is 69.0 Å². The van der Waals surface area contributed by atoms with Gasteiger partial charge in [-0.1, -0.05) is 109 Å². The molecule has 0 aliphatic rings. The van der Waals surface area contributed by atoms with Gasteiger partial charge in [0.05, 0.1) is 0 Å². The zero-order valence-electron chi connectivity index (χ0n) is 47.8. The topological polar surface area (TPSA) is 111 Å². The average molecular weight is 1610 g/mol. The average Bonchev–Trinajstić information content (AvgIpc) is 3.73. The zero-order chi connectivity index (χ0) is 60.1. The van der Waals surface area contributed by atoms with Crippen LogP contribution in [-0.4, -0.2) is 42.0 Å². The monoisotopic (exact) mass is 1610 g/mol. The van der Waals surface area contributed by atoms with E-state index in [1.165, 1.54) is 0 Å². The van der Waals surface area contributed by atoms with Crippen LogP contribution in [0.15, 0.2) is 364 Å². The van der Waals surface area contributed by atoms with Crippen molar-refractivity contribution in [2.45, 2.75) is 0 Å². The molecule has 12 aromatic carbocycles. The summed E-state index contributed by atoms with van der Waals surface area (Å²) < 4.78 is 70.9. The molecule has 0 bridgehead atoms. The molecule has 446 valence electrons. The van der Waals surface area contributed by atoms with Crippen LogP contribution in [0.2, 0.25) is 0 Å². The van der Waals surface area contributed by atoms with E-state index in [4.69, 9.17) is 45.6 Å². The third-order valence-electron chi connectivity index (χ3n) is 11.2. The maximum absolute atomic E-state index is 5.97. The van der Waals surface area contributed by atoms with Gasteiger partial charge in [0.25, 0.3) is 0 Å². The molecule has 0 aliphatic heterocycles. The first-order valence-electron chi connectivity index (χ1n) is 27.7. The molecule has 17 heteroatoms. The summed E-state index contributed by atoms with van der Waals surface area (Å²) in [7, 11) is -3.18. The molecule has 2 radical (unpaired) electrons. The Hall–Kier alpha value is -8.61. The van der Waals surface area contributed by atoms with Crippen LogP contribution < -0.4 is 45.6 Å². The molecule has 0 atom stereocenters. The van der Waals surface area contributed by atoms with E-state index >= 15 is 0 Å². The van der Waals surface area contributed by atoms with Crippen LogP contribution in [0, 0.1) is 0 Å². The molecule has 0 heterocycles. The minimum atomic E-state index is -3.06. The molecule has 0 spiro atoms. The number of hydrogen-bond acceptors (Lipinski definition) is 12. The maximum atomic E-state index is 5.97. The van der Waals surface area contributed by atoms with E-state index in [9.17, 15) is 0 Å². The number of hydrogen-bond donors (Lipinski definition) is 0. The van der Waals surface area contributed by atoms with E-state index in [1.807, 2.05) is 364 Å². The Balaban J connectivity index is 0.000000153. The van der Waals surface area contributed by atoms with Gasteiger partial charge in [0.1, 0.15) is 34.5 Å². The first-order chi connectivity index (χ1) is 43.6. The van der Waals surface area contributed by atoms with Crippen LogP contribution in [0.25, 0.3) is 0 Å². The Kier molecular flexibility index (Phi) is 29.3. The Morgan fingerprint density at radius 3 is 0.360 bits per heavy atom. The van der Waals surface area contributed by atoms with Crippen molar-refractivity contribution in [3.8, 4) is 69.0 Å². The van der Waals surface area contributed by atoms with E-state index in [0.717, 1.165) is 34.5 Å². The normalized spacial score (nSPS) is 10.1. The zero-order valence-corrected chi connectivity index (χ0v) is 57.5. The molecular formula is C72H60O12P2PtSn2+2. The third-order valence-corrected chi connectivity index (χ3v) is 20.3. The van der Waals surface area contributed by atoms with Crippen LogP contribution in [0.1, 0.15) is 0 Å². The molecular weight excluding hydrogens is 1550 g/mol. The fourth-order valence-corrected chi connectivity index (χ4v) is 15.5. The molecule has 0 unspecified atom stereocenters. The summed E-state index contributed by atoms with van der Waals surface area (Å²) in [6.45, 7) is 0. The second kappa shape index (κ2) is 39.3. The van der Waals surface area contributed by atoms with Crippen molar-refractivity contribution in [2.24, 2.45) is 0 Å². The van der Waals surface area contributed by atoms with Crippen LogP contribution in [0.3, 0.4) is 0 Å². The minimum absolute atomic E-state index is 0. The molecule has 0 saturated heterocycles. The second-order valence-electron chi connectivity index (χ2n) is 17.9. The van der Waals surface area contributed by atoms with Crippen LogP contribution in [-0.2, 0) is 21.1 Å². The van der Waals surface area contributed by atoms with Gasteiger partial charge in [0.15, 0.2) is 0 Å². The van der Waals surface area contributed by atoms with Gasteiger partial charge in [0.2, 0.25) is 0 Å². The Bertz CT molecular complexity index is 2810. The van der Waals surface area contributed by atoms with Crippen LogP contribution in [0.4, 0.5) is 0 Å². The molecule has 0 N–H and O–H groups in total. The summed E-state index contributed by atoms with van der Waals surface area (Å²) in [5, 5.41) is 0. The summed E-state index contributed by atoms with van der Waals surface area (Å²) in [5.74, 6) is 8.86. The first kappa shape index (κ1) is 66.3. The van der Waals surface area contributed by atoms with Gasteiger partial charge in [0, 0.05) is 0 Å². The number of rotatable bonds is 24. The summed E-state index contributed by atoms with van der Waals surface area (Å²) in [6.07, 6.45) is 0. The fraction of sp³-hybridized carbons (Fsp3) is 0. The Labute approximate surface area is 554 Å². The van der Waals surface area contributed by atoms with Crippen LogP contribution >= 0.6 is 17.2 Å². The van der Waals surface area contributed by atoms with Gasteiger partial charge in [-0.25, -0.2) is 0 Å². The van der Waals surface area contributed by atoms with Crippen molar-refractivity contribution < 1.29 is 66.7 Å². The molecule has 12 rings (SSSR count). The second-order valence-corrected chi connectivity index (χ2v) is 26.2. The van der Waals surface area contributed by atoms with Gasteiger partial charge in [-0.05, 0) is 72.8 Å². The van der Waals surface area contributed by atoms with Crippen molar-refractivity contribution in [1.82, 2.24) is 0 Å². The quantitative estimate of drug-likeness (QED) is 0.0424. The number of benzene rings is 12. The van der Waals surface area contributed by atoms with E-state index in [2.05, 4.69) is 0 Å². The SMILES string of the molecule is [Pt+2].c1ccc(OP(Oc2ccccc2)Oc2ccccc2)cc1.c1ccc(OP(Oc2ccccc2)Oc2ccccc2)cc1.c1ccc([O][Sn]([O]c2ccccc2)[O]c2ccccc2)cc1.c1ccc([O][Sn]([O]c2ccccc2)[O]c2ccccc2)cc1. The van der Waals surface area contributed by atoms with Gasteiger partial charge in [-0.15, -0.1) is 0 Å². The standard InChI is InChI=1S/2C18H15O3P.6C6H6O.Pt.2Sn/c2*1-4-10-16(11-5-1)19-22(20-17-12-6-2-7-13-17)21-18-14-8-3-9-15-18;6*7-6-4-2-1-3-5-6;;;/h2*1-15H;6*1-5,7H;;;/q;;;;;;;;+2;2*+3/p-6. The molecule has 0 saturated carbocycles. The Morgan fingerprint density at radius 2 is 0.247 bits per heavy atom. The fourth-order valence-electron chi connectivity index (χ4n) is 7.15. The van der Waals surface area contributed by atoms with E-state index in [-0.39, 0.29) is 21.1 Å². The molecule has 12 aromatic rings. The van der Waals surface area contributed by atoms with E-state index < -0.39 is 59.2 Å². The first-order valence-corrected chi connectivity index (χ1v) is 36.9. The van der Waals surface area contributed by atoms with Crippen molar-refractivity contribution in [3.05, 3.63) is 364 Å². The van der Waals surface area contributed by atoms with Gasteiger partial charge >= 0.3 is 315 Å². The Morgan fingerprint density at radius 1 is 0.146 bits per heavy atom. The predicted molar refractivity (Wildman–Crippen MR) is 350 cm³/mol. The molecule has 12 nitrogen and oxygen atoms in total. The molecule has 0 amide bonds. The summed E-state index contributed by atoms with van der Waals surface area (Å²) in [6, 6.07) is 115. The van der Waals surface area contributed by atoms with Gasteiger partial charge in [-0.3, -0.25) is 0 Å². The van der Waals surface area contributed by atoms with Crippen molar-refractivity contribution >= 4 is 59.2 Å². The summed E-state index contributed by atoms with van der Waals surface area (Å²) in [5.41, 5.74) is 0. The molecule has 89 heavy (non-hydrogen) atoms.